The molecule has 2 unspecified atom stereocenters. The van der Waals surface area contributed by atoms with E-state index in [-0.39, 0.29) is 23.3 Å². The van der Waals surface area contributed by atoms with Gasteiger partial charge in [0.15, 0.2) is 0 Å². The van der Waals surface area contributed by atoms with Gasteiger partial charge in [-0.25, -0.2) is 0 Å². The number of hydrogen-bond donors (Lipinski definition) is 0. The summed E-state index contributed by atoms with van der Waals surface area (Å²) in [4.78, 5) is 27.0. The second-order valence-corrected chi connectivity index (χ2v) is 8.84. The van der Waals surface area contributed by atoms with Crippen molar-refractivity contribution in [3.63, 3.8) is 0 Å². The van der Waals surface area contributed by atoms with E-state index >= 15 is 0 Å². The Hall–Kier alpha value is -2.66. The minimum atomic E-state index is -0.184. The van der Waals surface area contributed by atoms with E-state index in [2.05, 4.69) is 26.0 Å². The van der Waals surface area contributed by atoms with Crippen LogP contribution < -0.4 is 4.74 Å². The highest BCUT2D eigenvalue weighted by atomic mass is 16.5. The minimum Gasteiger partial charge on any atom is -0.497 e. The molecule has 0 saturated carbocycles. The molecule has 2 aromatic rings. The first-order valence-corrected chi connectivity index (χ1v) is 10.6. The molecule has 158 valence electrons. The number of carbonyl (C=O) groups excluding carboxylic acids is 2. The summed E-state index contributed by atoms with van der Waals surface area (Å²) in [5, 5.41) is 0. The van der Waals surface area contributed by atoms with Gasteiger partial charge in [0.05, 0.1) is 23.8 Å². The van der Waals surface area contributed by atoms with Crippen molar-refractivity contribution in [2.24, 2.45) is 5.92 Å². The Morgan fingerprint density at radius 2 is 1.70 bits per heavy atom. The number of carbonyl (C=O) groups is 2. The van der Waals surface area contributed by atoms with Crippen LogP contribution in [-0.4, -0.2) is 42.6 Å². The van der Waals surface area contributed by atoms with Crippen molar-refractivity contribution >= 4 is 11.8 Å². The van der Waals surface area contributed by atoms with Crippen molar-refractivity contribution in [2.75, 3.05) is 20.3 Å². The third-order valence-corrected chi connectivity index (χ3v) is 6.39. The maximum atomic E-state index is 12.8. The molecule has 4 rings (SSSR count). The van der Waals surface area contributed by atoms with E-state index in [0.29, 0.717) is 23.6 Å². The average Bonchev–Trinajstić information content (AvgIpc) is 2.99. The van der Waals surface area contributed by atoms with E-state index in [4.69, 9.17) is 9.47 Å². The number of benzene rings is 2. The van der Waals surface area contributed by atoms with Gasteiger partial charge in [-0.3, -0.25) is 14.5 Å². The second kappa shape index (κ2) is 8.23. The number of methoxy groups -OCH3 is 1. The molecule has 2 heterocycles. The molecule has 2 atom stereocenters. The molecule has 0 radical (unpaired) electrons. The molecule has 0 aliphatic carbocycles. The topological polar surface area (TPSA) is 55.8 Å². The molecular formula is C25H29NO4. The molecule has 1 saturated heterocycles. The maximum absolute atomic E-state index is 12.8. The van der Waals surface area contributed by atoms with Gasteiger partial charge in [0.2, 0.25) is 0 Å². The van der Waals surface area contributed by atoms with E-state index in [1.165, 1.54) is 10.5 Å². The SMILES string of the molecule is COc1ccc(C(CCN2C(=O)c3ccccc3C2=O)C2CCOC(C)(C)C2)cc1. The van der Waals surface area contributed by atoms with Gasteiger partial charge < -0.3 is 9.47 Å². The highest BCUT2D eigenvalue weighted by Gasteiger charge is 2.38. The van der Waals surface area contributed by atoms with Gasteiger partial charge in [0.25, 0.3) is 11.8 Å². The number of imide groups is 1. The molecule has 2 aromatic carbocycles. The molecule has 5 heteroatoms. The minimum absolute atomic E-state index is 0.164. The standard InChI is InChI=1S/C25H29NO4/c1-25(2)16-18(13-15-30-25)20(17-8-10-19(29-3)11-9-17)12-14-26-23(27)21-6-4-5-7-22(21)24(26)28/h4-11,18,20H,12-16H2,1-3H3. The Labute approximate surface area is 178 Å². The Morgan fingerprint density at radius 3 is 2.27 bits per heavy atom. The predicted octanol–water partition coefficient (Wildman–Crippen LogP) is 4.67. The Balaban J connectivity index is 1.56. The summed E-state index contributed by atoms with van der Waals surface area (Å²) in [5.41, 5.74) is 2.07. The van der Waals surface area contributed by atoms with Gasteiger partial charge in [0, 0.05) is 13.2 Å². The van der Waals surface area contributed by atoms with E-state index in [9.17, 15) is 9.59 Å². The van der Waals surface area contributed by atoms with Crippen LogP contribution in [0.5, 0.6) is 5.75 Å². The molecule has 0 aromatic heterocycles. The molecule has 2 aliphatic heterocycles. The summed E-state index contributed by atoms with van der Waals surface area (Å²) in [6, 6.07) is 15.2. The Bertz CT molecular complexity index is 899. The van der Waals surface area contributed by atoms with Crippen LogP contribution in [0.4, 0.5) is 0 Å². The molecule has 5 nitrogen and oxygen atoms in total. The Kier molecular flexibility index (Phi) is 5.65. The quantitative estimate of drug-likeness (QED) is 0.653. The predicted molar refractivity (Wildman–Crippen MR) is 115 cm³/mol. The third-order valence-electron chi connectivity index (χ3n) is 6.39. The fourth-order valence-electron chi connectivity index (χ4n) is 4.86. The third kappa shape index (κ3) is 3.99. The van der Waals surface area contributed by atoms with Crippen molar-refractivity contribution in [3.05, 3.63) is 65.2 Å². The highest BCUT2D eigenvalue weighted by Crippen LogP contribution is 2.40. The van der Waals surface area contributed by atoms with Crippen LogP contribution in [0.3, 0.4) is 0 Å². The highest BCUT2D eigenvalue weighted by molar-refractivity contribution is 6.21. The van der Waals surface area contributed by atoms with E-state index in [1.807, 2.05) is 12.1 Å². The normalized spacial score (nSPS) is 21.4. The summed E-state index contributed by atoms with van der Waals surface area (Å²) in [7, 11) is 1.66. The number of hydrogen-bond acceptors (Lipinski definition) is 4. The lowest BCUT2D eigenvalue weighted by atomic mass is 9.75. The molecule has 1 fully saturated rings. The van der Waals surface area contributed by atoms with Crippen molar-refractivity contribution in [1.29, 1.82) is 0 Å². The van der Waals surface area contributed by atoms with E-state index in [0.717, 1.165) is 31.6 Å². The van der Waals surface area contributed by atoms with E-state index < -0.39 is 0 Å². The monoisotopic (exact) mass is 407 g/mol. The lowest BCUT2D eigenvalue weighted by Gasteiger charge is -2.40. The second-order valence-electron chi connectivity index (χ2n) is 8.84. The molecule has 0 N–H and O–H groups in total. The Morgan fingerprint density at radius 1 is 1.07 bits per heavy atom. The fraction of sp³-hybridized carbons (Fsp3) is 0.440. The van der Waals surface area contributed by atoms with Gasteiger partial charge in [-0.15, -0.1) is 0 Å². The van der Waals surface area contributed by atoms with Gasteiger partial charge >= 0.3 is 0 Å². The van der Waals surface area contributed by atoms with Crippen molar-refractivity contribution in [1.82, 2.24) is 4.90 Å². The van der Waals surface area contributed by atoms with Crippen molar-refractivity contribution in [3.8, 4) is 5.75 Å². The summed E-state index contributed by atoms with van der Waals surface area (Å²) >= 11 is 0. The fourth-order valence-corrected chi connectivity index (χ4v) is 4.86. The zero-order chi connectivity index (χ0) is 21.3. The number of rotatable bonds is 6. The average molecular weight is 408 g/mol. The van der Waals surface area contributed by atoms with Crippen LogP contribution >= 0.6 is 0 Å². The molecule has 2 amide bonds. The first-order chi connectivity index (χ1) is 14.4. The molecule has 0 bridgehead atoms. The summed E-state index contributed by atoms with van der Waals surface area (Å²) < 4.78 is 11.2. The van der Waals surface area contributed by atoms with Crippen LogP contribution in [0, 0.1) is 5.92 Å². The molecular weight excluding hydrogens is 378 g/mol. The van der Waals surface area contributed by atoms with Crippen LogP contribution in [0.1, 0.15) is 65.3 Å². The summed E-state index contributed by atoms with van der Waals surface area (Å²) in [5.74, 6) is 1.12. The first-order valence-electron chi connectivity index (χ1n) is 10.6. The maximum Gasteiger partial charge on any atom is 0.261 e. The van der Waals surface area contributed by atoms with Crippen LogP contribution in [0.25, 0.3) is 0 Å². The first kappa shape index (κ1) is 20.6. The van der Waals surface area contributed by atoms with Gasteiger partial charge in [0.1, 0.15) is 5.75 Å². The van der Waals surface area contributed by atoms with Gasteiger partial charge in [-0.05, 0) is 74.8 Å². The number of amides is 2. The molecule has 2 aliphatic rings. The number of ether oxygens (including phenoxy) is 2. The zero-order valence-electron chi connectivity index (χ0n) is 17.9. The van der Waals surface area contributed by atoms with Crippen molar-refractivity contribution < 1.29 is 19.1 Å². The lowest BCUT2D eigenvalue weighted by molar-refractivity contribution is -0.0774. The van der Waals surface area contributed by atoms with Crippen molar-refractivity contribution in [2.45, 2.75) is 44.6 Å². The molecule has 30 heavy (non-hydrogen) atoms. The lowest BCUT2D eigenvalue weighted by Crippen LogP contribution is -2.38. The van der Waals surface area contributed by atoms with Gasteiger partial charge in [-0.1, -0.05) is 24.3 Å². The van der Waals surface area contributed by atoms with Crippen LogP contribution in [0.15, 0.2) is 48.5 Å². The summed E-state index contributed by atoms with van der Waals surface area (Å²) in [6.07, 6.45) is 2.66. The van der Waals surface area contributed by atoms with Crippen LogP contribution in [-0.2, 0) is 4.74 Å². The largest absolute Gasteiger partial charge is 0.497 e. The molecule has 0 spiro atoms. The van der Waals surface area contributed by atoms with Gasteiger partial charge in [-0.2, -0.15) is 0 Å². The summed E-state index contributed by atoms with van der Waals surface area (Å²) in [6.45, 7) is 5.42. The smallest absolute Gasteiger partial charge is 0.261 e. The zero-order valence-corrected chi connectivity index (χ0v) is 17.9. The van der Waals surface area contributed by atoms with Crippen LogP contribution in [0.2, 0.25) is 0 Å². The number of fused-ring (bicyclic) bond motifs is 1. The van der Waals surface area contributed by atoms with E-state index in [1.54, 1.807) is 31.4 Å². The number of nitrogens with zero attached hydrogens (tertiary/aromatic N) is 1.